The number of hydrogen-bond acceptors (Lipinski definition) is 0. The van der Waals surface area contributed by atoms with Crippen molar-refractivity contribution < 1.29 is 55.7 Å². The van der Waals surface area contributed by atoms with Crippen LogP contribution in [-0.2, 0) is 55.7 Å². The minimum absolute atomic E-state index is 0. The van der Waals surface area contributed by atoms with Crippen molar-refractivity contribution in [1.29, 1.82) is 0 Å². The monoisotopic (exact) mass is 855 g/mol. The molecule has 303 valence electrons. The first kappa shape index (κ1) is 58.4. The van der Waals surface area contributed by atoms with Crippen molar-refractivity contribution in [3.8, 4) is 0 Å². The van der Waals surface area contributed by atoms with Gasteiger partial charge < -0.3 is 209 Å². The summed E-state index contributed by atoms with van der Waals surface area (Å²) in [5, 5.41) is 0. The van der Waals surface area contributed by atoms with Crippen LogP contribution in [0.1, 0.15) is 100 Å². The molecule has 3 radical (unpaired) electrons. The normalized spacial score (nSPS) is 9.16. The molecule has 6 aromatic carbocycles. The van der Waals surface area contributed by atoms with E-state index in [1.807, 2.05) is 125 Å². The summed E-state index contributed by atoms with van der Waals surface area (Å²) in [6.45, 7) is 35.9. The third kappa shape index (κ3) is 29.0. The van der Waals surface area contributed by atoms with E-state index in [2.05, 4.69) is 109 Å². The summed E-state index contributed by atoms with van der Waals surface area (Å²) < 4.78 is 0. The van der Waals surface area contributed by atoms with E-state index in [-0.39, 0.29) is 55.7 Å². The molecule has 0 aliphatic heterocycles. The Balaban J connectivity index is -0.000000607. The summed E-state index contributed by atoms with van der Waals surface area (Å²) in [5.41, 5.74) is 19.3. The Labute approximate surface area is 386 Å². The Morgan fingerprint density at radius 2 is 0.158 bits per heavy atom. The fourth-order valence-corrected chi connectivity index (χ4v) is 5.62. The molecule has 0 N–H and O–H groups in total. The fraction of sp³-hybridized carbons (Fsp3) is 0.333. The number of rotatable bonds is 0. The molecule has 6 rings (SSSR count). The van der Waals surface area contributed by atoms with Crippen LogP contribution in [0.4, 0.5) is 0 Å². The predicted octanol–water partition coefficient (Wildman–Crippen LogP) is 12.1. The van der Waals surface area contributed by atoms with Gasteiger partial charge >= 0.3 is 0 Å². The molecule has 0 nitrogen and oxygen atoms in total. The third-order valence-corrected chi connectivity index (χ3v) is 6.75. The van der Waals surface area contributed by atoms with Gasteiger partial charge in [0.15, 0.2) is 0 Å². The molecular formula is C54H54V3-18. The number of benzene rings is 6. The smallest absolute Gasteiger partial charge is 0 e. The molecule has 0 unspecified atom stereocenters. The van der Waals surface area contributed by atoms with Crippen LogP contribution in [0.3, 0.4) is 0 Å². The van der Waals surface area contributed by atoms with E-state index >= 15 is 0 Å². The van der Waals surface area contributed by atoms with Crippen LogP contribution in [0, 0.1) is 234 Å². The van der Waals surface area contributed by atoms with E-state index in [1.54, 1.807) is 0 Å². The molecule has 0 spiro atoms. The van der Waals surface area contributed by atoms with Crippen LogP contribution < -0.4 is 0 Å². The van der Waals surface area contributed by atoms with Crippen LogP contribution in [0.2, 0.25) is 0 Å². The molecule has 0 aromatic heterocycles. The number of hydrogen-bond donors (Lipinski definition) is 0. The van der Waals surface area contributed by atoms with E-state index in [0.717, 1.165) is 100 Å². The van der Waals surface area contributed by atoms with Gasteiger partial charge in [-0.3, -0.25) is 0 Å². The van der Waals surface area contributed by atoms with E-state index < -0.39 is 0 Å². The van der Waals surface area contributed by atoms with Crippen LogP contribution >= 0.6 is 0 Å². The maximum atomic E-state index is 3.10. The zero-order chi connectivity index (χ0) is 41.1. The summed E-state index contributed by atoms with van der Waals surface area (Å²) in [6, 6.07) is 55.8. The maximum Gasteiger partial charge on any atom is 0 e. The summed E-state index contributed by atoms with van der Waals surface area (Å²) in [4.78, 5) is 0. The zero-order valence-electron chi connectivity index (χ0n) is 37.3. The predicted molar refractivity (Wildman–Crippen MR) is 223 cm³/mol. The molecule has 57 heavy (non-hydrogen) atoms. The average molecular weight is 856 g/mol. The number of aryl methyl sites for hydroxylation is 18. The molecule has 0 amide bonds. The van der Waals surface area contributed by atoms with Crippen molar-refractivity contribution in [3.63, 3.8) is 0 Å². The zero-order valence-corrected chi connectivity index (χ0v) is 41.5. The van der Waals surface area contributed by atoms with Gasteiger partial charge in [-0.15, -0.1) is 125 Å². The van der Waals surface area contributed by atoms with E-state index in [4.69, 9.17) is 0 Å². The van der Waals surface area contributed by atoms with E-state index in [0.29, 0.717) is 0 Å². The Bertz CT molecular complexity index is 1370. The van der Waals surface area contributed by atoms with Crippen molar-refractivity contribution in [2.24, 2.45) is 0 Å². The quantitative estimate of drug-likeness (QED) is 0.134. The summed E-state index contributed by atoms with van der Waals surface area (Å²) >= 11 is 0. The molecule has 0 fully saturated rings. The fourth-order valence-electron chi connectivity index (χ4n) is 5.62. The summed E-state index contributed by atoms with van der Waals surface area (Å²) in [7, 11) is 0. The molecule has 0 saturated heterocycles. The molecule has 0 atom stereocenters. The van der Waals surface area contributed by atoms with Gasteiger partial charge in [0.1, 0.15) is 0 Å². The molecule has 0 bridgehead atoms. The van der Waals surface area contributed by atoms with Gasteiger partial charge in [-0.25, -0.2) is 0 Å². The van der Waals surface area contributed by atoms with Crippen molar-refractivity contribution in [2.75, 3.05) is 0 Å². The SMILES string of the molecule is Cc1[c-]c(C)[c-]c(C)[c-]1.Cc1[c-]c(C)[c-]c(C)[c-]1.Cc1[c-]c(C)[c-]c(C)[c-]1.Cc1[c-]c(C)[c-]c(C)[c-]1.Cc1[c-]c(C)[c-]c(C)[c-]1.Cc1[c-]c(C)[c-]c(C)[c-]1.[V].[V].[V]. The molecular weight excluding hydrogens is 801 g/mol. The van der Waals surface area contributed by atoms with Gasteiger partial charge in [0.25, 0.3) is 0 Å². The van der Waals surface area contributed by atoms with Crippen molar-refractivity contribution in [1.82, 2.24) is 0 Å². The second-order valence-electron chi connectivity index (χ2n) is 13.5. The van der Waals surface area contributed by atoms with E-state index in [1.165, 1.54) is 0 Å². The maximum absolute atomic E-state index is 3.10. The first-order valence-corrected chi connectivity index (χ1v) is 18.0. The average Bonchev–Trinajstić information content (AvgIpc) is 2.94. The molecule has 0 saturated carbocycles. The molecule has 0 aliphatic rings. The first-order chi connectivity index (χ1) is 25.1. The largest absolute Gasteiger partial charge is 0.539 e. The molecule has 0 heterocycles. The molecule has 3 heteroatoms. The Hall–Kier alpha value is -2.93. The summed E-state index contributed by atoms with van der Waals surface area (Å²) in [5.74, 6) is 0. The van der Waals surface area contributed by atoms with Gasteiger partial charge in [0, 0.05) is 55.7 Å². The van der Waals surface area contributed by atoms with E-state index in [9.17, 15) is 0 Å². The van der Waals surface area contributed by atoms with Gasteiger partial charge in [-0.05, 0) is 0 Å². The van der Waals surface area contributed by atoms with Gasteiger partial charge in [0.05, 0.1) is 0 Å². The standard InChI is InChI=1S/6C9H9.3V/c6*1-7-4-8(2)6-9(3)5-7;;;/h6*1-3H3;;;/q6*-3;;;. The van der Waals surface area contributed by atoms with Gasteiger partial charge in [-0.1, -0.05) is 0 Å². The van der Waals surface area contributed by atoms with Crippen molar-refractivity contribution in [2.45, 2.75) is 125 Å². The van der Waals surface area contributed by atoms with Crippen molar-refractivity contribution >= 4 is 0 Å². The minimum Gasteiger partial charge on any atom is -0.539 e. The summed E-state index contributed by atoms with van der Waals surface area (Å²) in [6.07, 6.45) is 0. The van der Waals surface area contributed by atoms with Crippen LogP contribution in [-0.4, -0.2) is 0 Å². The van der Waals surface area contributed by atoms with Crippen LogP contribution in [0.15, 0.2) is 0 Å². The third-order valence-electron chi connectivity index (χ3n) is 6.75. The van der Waals surface area contributed by atoms with Gasteiger partial charge in [-0.2, -0.15) is 0 Å². The molecule has 0 aliphatic carbocycles. The van der Waals surface area contributed by atoms with Crippen LogP contribution in [0.5, 0.6) is 0 Å². The molecule has 6 aromatic rings. The minimum atomic E-state index is 0. The van der Waals surface area contributed by atoms with Crippen LogP contribution in [0.25, 0.3) is 0 Å². The Morgan fingerprint density at radius 3 is 0.193 bits per heavy atom. The first-order valence-electron chi connectivity index (χ1n) is 18.0. The Morgan fingerprint density at radius 1 is 0.123 bits per heavy atom. The second kappa shape index (κ2) is 30.2. The second-order valence-corrected chi connectivity index (χ2v) is 13.5. The van der Waals surface area contributed by atoms with Crippen molar-refractivity contribution in [3.05, 3.63) is 209 Å². The topological polar surface area (TPSA) is 0 Å². The van der Waals surface area contributed by atoms with Gasteiger partial charge in [0.2, 0.25) is 0 Å². The Kier molecular flexibility index (Phi) is 30.9.